The molecule has 0 heterocycles. The smallest absolute Gasteiger partial charge is 0.148 e. The van der Waals surface area contributed by atoms with Crippen molar-refractivity contribution in [3.63, 3.8) is 0 Å². The summed E-state index contributed by atoms with van der Waals surface area (Å²) >= 11 is 9.02. The SMILES string of the molecule is OC(CCC1CCCCC1)c1ccc(Br)c(Cl)c1F. The van der Waals surface area contributed by atoms with Crippen LogP contribution in [0, 0.1) is 11.7 Å². The summed E-state index contributed by atoms with van der Waals surface area (Å²) in [5.74, 6) is 0.185. The van der Waals surface area contributed by atoms with Crippen molar-refractivity contribution in [3.8, 4) is 0 Å². The predicted octanol–water partition coefficient (Wildman–Crippen LogP) is 5.64. The Balaban J connectivity index is 1.95. The minimum Gasteiger partial charge on any atom is -0.388 e. The van der Waals surface area contributed by atoms with Gasteiger partial charge in [-0.3, -0.25) is 0 Å². The van der Waals surface area contributed by atoms with E-state index in [2.05, 4.69) is 15.9 Å². The monoisotopic (exact) mass is 348 g/mol. The van der Waals surface area contributed by atoms with Crippen molar-refractivity contribution in [3.05, 3.63) is 33.0 Å². The molecule has 1 atom stereocenters. The highest BCUT2D eigenvalue weighted by atomic mass is 79.9. The molecule has 1 fully saturated rings. The van der Waals surface area contributed by atoms with Crippen LogP contribution in [-0.2, 0) is 0 Å². The maximum absolute atomic E-state index is 14.0. The molecule has 1 aromatic rings. The van der Waals surface area contributed by atoms with Crippen LogP contribution in [0.1, 0.15) is 56.6 Å². The standard InChI is InChI=1S/C15H19BrClFO/c16-12-8-7-11(15(18)14(12)17)13(19)9-6-10-4-2-1-3-5-10/h7-8,10,13,19H,1-6,9H2. The van der Waals surface area contributed by atoms with Gasteiger partial charge in [0, 0.05) is 10.0 Å². The molecule has 1 saturated carbocycles. The van der Waals surface area contributed by atoms with Crippen molar-refractivity contribution in [1.82, 2.24) is 0 Å². The molecule has 106 valence electrons. The molecule has 0 bridgehead atoms. The van der Waals surface area contributed by atoms with Gasteiger partial charge in [-0.25, -0.2) is 4.39 Å². The van der Waals surface area contributed by atoms with Gasteiger partial charge in [0.05, 0.1) is 11.1 Å². The van der Waals surface area contributed by atoms with Gasteiger partial charge in [0.2, 0.25) is 0 Å². The van der Waals surface area contributed by atoms with Crippen LogP contribution >= 0.6 is 27.5 Å². The average molecular weight is 350 g/mol. The number of hydrogen-bond donors (Lipinski definition) is 1. The van der Waals surface area contributed by atoms with E-state index in [4.69, 9.17) is 11.6 Å². The Morgan fingerprint density at radius 3 is 2.68 bits per heavy atom. The van der Waals surface area contributed by atoms with E-state index in [9.17, 15) is 9.50 Å². The lowest BCUT2D eigenvalue weighted by Gasteiger charge is -2.23. The van der Waals surface area contributed by atoms with Crippen LogP contribution in [0.15, 0.2) is 16.6 Å². The second-order valence-electron chi connectivity index (χ2n) is 5.36. The highest BCUT2D eigenvalue weighted by Gasteiger charge is 2.19. The average Bonchev–Trinajstić information content (AvgIpc) is 2.43. The number of aliphatic hydroxyl groups excluding tert-OH is 1. The summed E-state index contributed by atoms with van der Waals surface area (Å²) < 4.78 is 14.5. The Hall–Kier alpha value is -0.120. The summed E-state index contributed by atoms with van der Waals surface area (Å²) in [6, 6.07) is 3.29. The van der Waals surface area contributed by atoms with Crippen molar-refractivity contribution < 1.29 is 9.50 Å². The van der Waals surface area contributed by atoms with Crippen LogP contribution in [0.3, 0.4) is 0 Å². The number of halogens is 3. The number of rotatable bonds is 4. The quantitative estimate of drug-likeness (QED) is 0.698. The molecular formula is C15H19BrClFO. The molecule has 19 heavy (non-hydrogen) atoms. The fraction of sp³-hybridized carbons (Fsp3) is 0.600. The Labute approximate surface area is 127 Å². The largest absolute Gasteiger partial charge is 0.388 e. The molecule has 2 rings (SSSR count). The lowest BCUT2D eigenvalue weighted by Crippen LogP contribution is -2.09. The van der Waals surface area contributed by atoms with Gasteiger partial charge >= 0.3 is 0 Å². The zero-order valence-corrected chi connectivity index (χ0v) is 13.2. The van der Waals surface area contributed by atoms with Crippen LogP contribution in [-0.4, -0.2) is 5.11 Å². The van der Waals surface area contributed by atoms with E-state index in [1.165, 1.54) is 32.1 Å². The molecule has 1 aliphatic carbocycles. The number of hydrogen-bond acceptors (Lipinski definition) is 1. The van der Waals surface area contributed by atoms with E-state index >= 15 is 0 Å². The predicted molar refractivity (Wildman–Crippen MR) is 79.9 cm³/mol. The van der Waals surface area contributed by atoms with Crippen molar-refractivity contribution in [2.24, 2.45) is 5.92 Å². The summed E-state index contributed by atoms with van der Waals surface area (Å²) in [6.45, 7) is 0. The van der Waals surface area contributed by atoms with E-state index in [0.717, 1.165) is 6.42 Å². The molecule has 0 aliphatic heterocycles. The van der Waals surface area contributed by atoms with Gasteiger partial charge < -0.3 is 5.11 Å². The van der Waals surface area contributed by atoms with Crippen LogP contribution in [0.25, 0.3) is 0 Å². The van der Waals surface area contributed by atoms with Crippen LogP contribution < -0.4 is 0 Å². The van der Waals surface area contributed by atoms with Crippen molar-refractivity contribution in [1.29, 1.82) is 0 Å². The Morgan fingerprint density at radius 2 is 2.00 bits per heavy atom. The van der Waals surface area contributed by atoms with Crippen molar-refractivity contribution in [2.45, 2.75) is 51.0 Å². The minimum atomic E-state index is -0.757. The van der Waals surface area contributed by atoms with E-state index < -0.39 is 11.9 Å². The van der Waals surface area contributed by atoms with Crippen LogP contribution in [0.4, 0.5) is 4.39 Å². The molecule has 0 aromatic heterocycles. The third kappa shape index (κ3) is 3.93. The van der Waals surface area contributed by atoms with Gasteiger partial charge in [-0.1, -0.05) is 49.8 Å². The first kappa shape index (κ1) is 15.3. The number of benzene rings is 1. The maximum atomic E-state index is 14.0. The molecule has 0 amide bonds. The minimum absolute atomic E-state index is 0.0502. The first-order chi connectivity index (χ1) is 9.09. The first-order valence-corrected chi connectivity index (χ1v) is 8.08. The highest BCUT2D eigenvalue weighted by Crippen LogP contribution is 2.34. The zero-order chi connectivity index (χ0) is 13.8. The fourth-order valence-electron chi connectivity index (χ4n) is 2.82. The van der Waals surface area contributed by atoms with Gasteiger partial charge in [0.1, 0.15) is 5.82 Å². The second kappa shape index (κ2) is 7.05. The normalized spacial score (nSPS) is 18.5. The summed E-state index contributed by atoms with van der Waals surface area (Å²) in [5, 5.41) is 10.2. The summed E-state index contributed by atoms with van der Waals surface area (Å²) in [6.07, 6.45) is 7.22. The third-order valence-electron chi connectivity index (χ3n) is 4.00. The molecule has 1 N–H and O–H groups in total. The fourth-order valence-corrected chi connectivity index (χ4v) is 3.30. The van der Waals surface area contributed by atoms with E-state index in [0.29, 0.717) is 22.4 Å². The zero-order valence-electron chi connectivity index (χ0n) is 10.8. The first-order valence-electron chi connectivity index (χ1n) is 6.91. The molecule has 4 heteroatoms. The van der Waals surface area contributed by atoms with E-state index in [-0.39, 0.29) is 5.02 Å². The van der Waals surface area contributed by atoms with Crippen molar-refractivity contribution in [2.75, 3.05) is 0 Å². The van der Waals surface area contributed by atoms with E-state index in [1.807, 2.05) is 0 Å². The summed E-state index contributed by atoms with van der Waals surface area (Å²) in [4.78, 5) is 0. The highest BCUT2D eigenvalue weighted by molar-refractivity contribution is 9.10. The third-order valence-corrected chi connectivity index (χ3v) is 5.26. The molecule has 0 saturated heterocycles. The molecular weight excluding hydrogens is 331 g/mol. The molecule has 1 nitrogen and oxygen atoms in total. The van der Waals surface area contributed by atoms with Crippen LogP contribution in [0.2, 0.25) is 5.02 Å². The Bertz CT molecular complexity index is 432. The molecule has 0 spiro atoms. The Kier molecular flexibility index (Phi) is 5.67. The van der Waals surface area contributed by atoms with Gasteiger partial charge in [-0.2, -0.15) is 0 Å². The van der Waals surface area contributed by atoms with E-state index in [1.54, 1.807) is 12.1 Å². The topological polar surface area (TPSA) is 20.2 Å². The van der Waals surface area contributed by atoms with Gasteiger partial charge in [-0.05, 0) is 40.8 Å². The molecule has 1 aromatic carbocycles. The second-order valence-corrected chi connectivity index (χ2v) is 6.59. The number of aliphatic hydroxyl groups is 1. The van der Waals surface area contributed by atoms with Gasteiger partial charge in [0.25, 0.3) is 0 Å². The lowest BCUT2D eigenvalue weighted by molar-refractivity contribution is 0.147. The molecule has 1 aliphatic rings. The Morgan fingerprint density at radius 1 is 1.32 bits per heavy atom. The van der Waals surface area contributed by atoms with Gasteiger partial charge in [-0.15, -0.1) is 0 Å². The molecule has 0 radical (unpaired) electrons. The summed E-state index contributed by atoms with van der Waals surface area (Å²) in [5.41, 5.74) is 0.309. The lowest BCUT2D eigenvalue weighted by atomic mass is 9.85. The van der Waals surface area contributed by atoms with Gasteiger partial charge in [0.15, 0.2) is 0 Å². The van der Waals surface area contributed by atoms with Crippen LogP contribution in [0.5, 0.6) is 0 Å². The summed E-state index contributed by atoms with van der Waals surface area (Å²) in [7, 11) is 0. The molecule has 1 unspecified atom stereocenters. The maximum Gasteiger partial charge on any atom is 0.148 e. The van der Waals surface area contributed by atoms with Crippen molar-refractivity contribution >= 4 is 27.5 Å².